The molecule has 1 aromatic carbocycles. The number of carbonyl (C=O) groups is 1. The number of hydrogen-bond donors (Lipinski definition) is 1. The summed E-state index contributed by atoms with van der Waals surface area (Å²) in [5.74, 6) is -0.106. The van der Waals surface area contributed by atoms with Crippen LogP contribution in [0.1, 0.15) is 40.6 Å². The van der Waals surface area contributed by atoms with Crippen LogP contribution in [0.3, 0.4) is 0 Å². The number of halogens is 1. The maximum absolute atomic E-state index is 13.5. The number of hydrogen-bond acceptors (Lipinski definition) is 3. The van der Waals surface area contributed by atoms with Gasteiger partial charge in [0.05, 0.1) is 18.8 Å². The molecule has 0 radical (unpaired) electrons. The van der Waals surface area contributed by atoms with Crippen LogP contribution in [0.2, 0.25) is 0 Å². The average Bonchev–Trinajstić information content (AvgIpc) is 2.93. The number of nitrogens with one attached hydrogen (secondary N) is 1. The molecule has 0 saturated carbocycles. The quantitative estimate of drug-likeness (QED) is 0.927. The summed E-state index contributed by atoms with van der Waals surface area (Å²) >= 11 is 0. The van der Waals surface area contributed by atoms with Crippen LogP contribution < -0.4 is 0 Å². The van der Waals surface area contributed by atoms with Crippen LogP contribution in [-0.2, 0) is 16.0 Å². The molecule has 0 unspecified atom stereocenters. The Bertz CT molecular complexity index is 753. The number of nitrogens with zero attached hydrogens (tertiary/aromatic N) is 2. The number of carbonyl (C=O) groups excluding carboxylic acids is 1. The highest BCUT2D eigenvalue weighted by atomic mass is 19.1. The normalized spacial score (nSPS) is 17.8. The first-order valence-electron chi connectivity index (χ1n) is 8.61. The van der Waals surface area contributed by atoms with Crippen molar-refractivity contribution in [3.05, 3.63) is 52.1 Å². The van der Waals surface area contributed by atoms with Crippen molar-refractivity contribution in [3.8, 4) is 0 Å². The zero-order valence-electron chi connectivity index (χ0n) is 14.9. The number of aromatic amines is 1. The molecule has 2 aromatic rings. The summed E-state index contributed by atoms with van der Waals surface area (Å²) in [6, 6.07) is 4.99. The number of aryl methyl sites for hydroxylation is 3. The fraction of sp³-hybridized carbons (Fsp3) is 0.474. The lowest BCUT2D eigenvalue weighted by molar-refractivity contribution is -0.139. The van der Waals surface area contributed by atoms with Crippen LogP contribution in [0.5, 0.6) is 0 Å². The Morgan fingerprint density at radius 2 is 2.20 bits per heavy atom. The van der Waals surface area contributed by atoms with Gasteiger partial charge in [-0.1, -0.05) is 12.1 Å². The predicted octanol–water partition coefficient (Wildman–Crippen LogP) is 3.01. The molecule has 1 aliphatic rings. The van der Waals surface area contributed by atoms with Gasteiger partial charge in [0.25, 0.3) is 0 Å². The zero-order valence-corrected chi connectivity index (χ0v) is 14.9. The van der Waals surface area contributed by atoms with Crippen molar-refractivity contribution in [2.75, 3.05) is 19.7 Å². The molecule has 1 fully saturated rings. The summed E-state index contributed by atoms with van der Waals surface area (Å²) in [5, 5.41) is 7.13. The molecule has 1 atom stereocenters. The molecule has 1 aromatic heterocycles. The van der Waals surface area contributed by atoms with Gasteiger partial charge in [0.15, 0.2) is 0 Å². The Hall–Kier alpha value is -2.21. The largest absolute Gasteiger partial charge is 0.370 e. The van der Waals surface area contributed by atoms with E-state index in [1.165, 1.54) is 6.07 Å². The third-order valence-corrected chi connectivity index (χ3v) is 4.84. The second kappa shape index (κ2) is 7.35. The highest BCUT2D eigenvalue weighted by molar-refractivity contribution is 5.76. The van der Waals surface area contributed by atoms with Crippen molar-refractivity contribution in [2.24, 2.45) is 0 Å². The molecule has 0 spiro atoms. The van der Waals surface area contributed by atoms with Gasteiger partial charge in [-0.2, -0.15) is 5.10 Å². The van der Waals surface area contributed by atoms with Crippen molar-refractivity contribution in [1.82, 2.24) is 15.1 Å². The summed E-state index contributed by atoms with van der Waals surface area (Å²) in [6.07, 6.45) is 0.940. The Morgan fingerprint density at radius 3 is 2.88 bits per heavy atom. The van der Waals surface area contributed by atoms with Crippen LogP contribution in [0.15, 0.2) is 18.2 Å². The van der Waals surface area contributed by atoms with E-state index in [4.69, 9.17) is 4.74 Å². The third-order valence-electron chi connectivity index (χ3n) is 4.84. The van der Waals surface area contributed by atoms with Gasteiger partial charge in [0.2, 0.25) is 5.91 Å². The first-order valence-corrected chi connectivity index (χ1v) is 8.61. The second-order valence-corrected chi connectivity index (χ2v) is 6.62. The van der Waals surface area contributed by atoms with Crippen molar-refractivity contribution < 1.29 is 13.9 Å². The molecule has 0 aliphatic carbocycles. The monoisotopic (exact) mass is 345 g/mol. The SMILES string of the molecule is Cc1cc([C@@H]2CN(C(=O)CCc3c(C)n[nH]c3C)CCO2)ccc1F. The topological polar surface area (TPSA) is 58.2 Å². The predicted molar refractivity (Wildman–Crippen MR) is 92.8 cm³/mol. The number of morpholine rings is 1. The molecule has 1 N–H and O–H groups in total. The van der Waals surface area contributed by atoms with E-state index in [1.54, 1.807) is 19.1 Å². The number of rotatable bonds is 4. The van der Waals surface area contributed by atoms with Gasteiger partial charge in [0, 0.05) is 18.7 Å². The molecular weight excluding hydrogens is 321 g/mol. The molecule has 6 heteroatoms. The second-order valence-electron chi connectivity index (χ2n) is 6.62. The minimum absolute atomic E-state index is 0.118. The zero-order chi connectivity index (χ0) is 18.0. The van der Waals surface area contributed by atoms with Gasteiger partial charge in [0.1, 0.15) is 11.9 Å². The summed E-state index contributed by atoms with van der Waals surface area (Å²) in [7, 11) is 0. The molecule has 134 valence electrons. The van der Waals surface area contributed by atoms with Gasteiger partial charge < -0.3 is 9.64 Å². The standard InChI is InChI=1S/C19H24FN3O2/c1-12-10-15(4-6-17(12)20)18-11-23(8-9-25-18)19(24)7-5-16-13(2)21-22-14(16)3/h4,6,10,18H,5,7-9,11H2,1-3H3,(H,21,22)/t18-/m0/s1. The van der Waals surface area contributed by atoms with E-state index in [0.717, 1.165) is 22.5 Å². The van der Waals surface area contributed by atoms with Gasteiger partial charge in [-0.05, 0) is 49.9 Å². The molecule has 1 amide bonds. The van der Waals surface area contributed by atoms with E-state index in [9.17, 15) is 9.18 Å². The smallest absolute Gasteiger partial charge is 0.223 e. The van der Waals surface area contributed by atoms with E-state index in [-0.39, 0.29) is 17.8 Å². The number of H-pyrrole nitrogens is 1. The molecular formula is C19H24FN3O2. The maximum atomic E-state index is 13.5. The van der Waals surface area contributed by atoms with Gasteiger partial charge in [-0.3, -0.25) is 9.89 Å². The van der Waals surface area contributed by atoms with Crippen molar-refractivity contribution in [2.45, 2.75) is 39.7 Å². The molecule has 1 aliphatic heterocycles. The fourth-order valence-electron chi connectivity index (χ4n) is 3.28. The van der Waals surface area contributed by atoms with Crippen LogP contribution >= 0.6 is 0 Å². The van der Waals surface area contributed by atoms with Gasteiger partial charge >= 0.3 is 0 Å². The number of benzene rings is 1. The minimum atomic E-state index is -0.224. The molecule has 5 nitrogen and oxygen atoms in total. The Kier molecular flexibility index (Phi) is 5.18. The van der Waals surface area contributed by atoms with Crippen LogP contribution in [0.25, 0.3) is 0 Å². The Balaban J connectivity index is 1.62. The van der Waals surface area contributed by atoms with Crippen molar-refractivity contribution in [3.63, 3.8) is 0 Å². The lowest BCUT2D eigenvalue weighted by Gasteiger charge is -2.33. The van der Waals surface area contributed by atoms with E-state index in [0.29, 0.717) is 38.1 Å². The fourth-order valence-corrected chi connectivity index (χ4v) is 3.28. The average molecular weight is 345 g/mol. The summed E-state index contributed by atoms with van der Waals surface area (Å²) in [4.78, 5) is 14.4. The lowest BCUT2D eigenvalue weighted by Crippen LogP contribution is -2.42. The first kappa shape index (κ1) is 17.6. The Labute approximate surface area is 147 Å². The third kappa shape index (κ3) is 3.90. The summed E-state index contributed by atoms with van der Waals surface area (Å²) in [5.41, 5.74) is 4.60. The molecule has 1 saturated heterocycles. The van der Waals surface area contributed by atoms with Crippen LogP contribution in [0.4, 0.5) is 4.39 Å². The van der Waals surface area contributed by atoms with E-state index >= 15 is 0 Å². The van der Waals surface area contributed by atoms with E-state index < -0.39 is 0 Å². The van der Waals surface area contributed by atoms with Crippen molar-refractivity contribution in [1.29, 1.82) is 0 Å². The van der Waals surface area contributed by atoms with Gasteiger partial charge in [-0.25, -0.2) is 4.39 Å². The first-order chi connectivity index (χ1) is 12.0. The molecule has 2 heterocycles. The number of ether oxygens (including phenoxy) is 1. The molecule has 25 heavy (non-hydrogen) atoms. The maximum Gasteiger partial charge on any atom is 0.223 e. The lowest BCUT2D eigenvalue weighted by atomic mass is 10.0. The molecule has 0 bridgehead atoms. The van der Waals surface area contributed by atoms with E-state index in [1.807, 2.05) is 18.7 Å². The highest BCUT2D eigenvalue weighted by Crippen LogP contribution is 2.24. The highest BCUT2D eigenvalue weighted by Gasteiger charge is 2.25. The number of aromatic nitrogens is 2. The van der Waals surface area contributed by atoms with Crippen molar-refractivity contribution >= 4 is 5.91 Å². The summed E-state index contributed by atoms with van der Waals surface area (Å²) in [6.45, 7) is 7.26. The number of amides is 1. The minimum Gasteiger partial charge on any atom is -0.370 e. The van der Waals surface area contributed by atoms with Crippen LogP contribution in [0, 0.1) is 26.6 Å². The van der Waals surface area contributed by atoms with E-state index in [2.05, 4.69) is 10.2 Å². The molecule has 3 rings (SSSR count). The van der Waals surface area contributed by atoms with Crippen LogP contribution in [-0.4, -0.2) is 40.7 Å². The van der Waals surface area contributed by atoms with Gasteiger partial charge in [-0.15, -0.1) is 0 Å². The summed E-state index contributed by atoms with van der Waals surface area (Å²) < 4.78 is 19.3. The Morgan fingerprint density at radius 1 is 1.40 bits per heavy atom.